The third-order valence-corrected chi connectivity index (χ3v) is 4.90. The van der Waals surface area contributed by atoms with Gasteiger partial charge in [-0.2, -0.15) is 11.8 Å². The maximum Gasteiger partial charge on any atom is 0.00798 e. The summed E-state index contributed by atoms with van der Waals surface area (Å²) < 4.78 is 0. The third-order valence-electron chi connectivity index (χ3n) is 3.67. The Morgan fingerprint density at radius 1 is 1.27 bits per heavy atom. The van der Waals surface area contributed by atoms with Crippen LogP contribution in [0.5, 0.6) is 0 Å². The lowest BCUT2D eigenvalue weighted by atomic mass is 10.1. The minimum Gasteiger partial charge on any atom is -0.314 e. The minimum atomic E-state index is 0.792. The fraction of sp³-hybridized carbons (Fsp3) is 1.00. The van der Waals surface area contributed by atoms with Gasteiger partial charge in [-0.1, -0.05) is 0 Å². The lowest BCUT2D eigenvalue weighted by Gasteiger charge is -2.19. The van der Waals surface area contributed by atoms with E-state index in [0.29, 0.717) is 0 Å². The van der Waals surface area contributed by atoms with Crippen molar-refractivity contribution in [2.75, 3.05) is 38.2 Å². The van der Waals surface area contributed by atoms with E-state index in [1.807, 2.05) is 0 Å². The third kappa shape index (κ3) is 3.97. The number of rotatable bonds is 3. The van der Waals surface area contributed by atoms with E-state index in [1.54, 1.807) is 0 Å². The Morgan fingerprint density at radius 2 is 2.20 bits per heavy atom. The van der Waals surface area contributed by atoms with Crippen LogP contribution in [0.3, 0.4) is 0 Å². The summed E-state index contributed by atoms with van der Waals surface area (Å²) >= 11 is 2.13. The van der Waals surface area contributed by atoms with Crippen molar-refractivity contribution in [2.24, 2.45) is 5.92 Å². The molecule has 2 atom stereocenters. The van der Waals surface area contributed by atoms with Gasteiger partial charge in [-0.15, -0.1) is 0 Å². The molecule has 2 rings (SSSR count). The number of hydrogen-bond donors (Lipinski definition) is 1. The van der Waals surface area contributed by atoms with Crippen LogP contribution in [-0.4, -0.2) is 49.1 Å². The van der Waals surface area contributed by atoms with E-state index in [1.165, 1.54) is 56.8 Å². The van der Waals surface area contributed by atoms with Crippen LogP contribution < -0.4 is 5.32 Å². The van der Waals surface area contributed by atoms with Crippen LogP contribution in [0.1, 0.15) is 25.7 Å². The van der Waals surface area contributed by atoms with Crippen molar-refractivity contribution in [3.05, 3.63) is 0 Å². The van der Waals surface area contributed by atoms with Crippen LogP contribution in [0, 0.1) is 5.92 Å². The molecule has 15 heavy (non-hydrogen) atoms. The fourth-order valence-corrected chi connectivity index (χ4v) is 3.81. The molecule has 0 radical (unpaired) electrons. The smallest absolute Gasteiger partial charge is 0.00798 e. The van der Waals surface area contributed by atoms with Crippen molar-refractivity contribution in [3.63, 3.8) is 0 Å². The Hall–Kier alpha value is 0.270. The molecule has 2 aliphatic rings. The van der Waals surface area contributed by atoms with Gasteiger partial charge in [-0.3, -0.25) is 0 Å². The van der Waals surface area contributed by atoms with Crippen LogP contribution in [0.25, 0.3) is 0 Å². The largest absolute Gasteiger partial charge is 0.314 e. The van der Waals surface area contributed by atoms with Gasteiger partial charge in [0.25, 0.3) is 0 Å². The zero-order chi connectivity index (χ0) is 10.5. The first-order chi connectivity index (χ1) is 7.34. The van der Waals surface area contributed by atoms with E-state index in [9.17, 15) is 0 Å². The molecule has 2 aliphatic heterocycles. The summed E-state index contributed by atoms with van der Waals surface area (Å²) in [5.41, 5.74) is 0. The fourth-order valence-electron chi connectivity index (χ4n) is 2.52. The van der Waals surface area contributed by atoms with Crippen molar-refractivity contribution in [3.8, 4) is 0 Å². The second kappa shape index (κ2) is 6.12. The zero-order valence-electron chi connectivity index (χ0n) is 9.87. The molecule has 0 spiro atoms. The van der Waals surface area contributed by atoms with Crippen LogP contribution >= 0.6 is 11.8 Å². The molecule has 3 heteroatoms. The van der Waals surface area contributed by atoms with Gasteiger partial charge in [-0.25, -0.2) is 0 Å². The molecule has 2 saturated heterocycles. The monoisotopic (exact) mass is 228 g/mol. The molecule has 0 aromatic rings. The molecule has 88 valence electrons. The highest BCUT2D eigenvalue weighted by molar-refractivity contribution is 7.99. The lowest BCUT2D eigenvalue weighted by molar-refractivity contribution is 0.341. The van der Waals surface area contributed by atoms with E-state index in [-0.39, 0.29) is 0 Å². The summed E-state index contributed by atoms with van der Waals surface area (Å²) in [6, 6.07) is 0.792. The molecule has 2 nitrogen and oxygen atoms in total. The van der Waals surface area contributed by atoms with Gasteiger partial charge >= 0.3 is 0 Å². The predicted octanol–water partition coefficient (Wildman–Crippen LogP) is 1.81. The highest BCUT2D eigenvalue weighted by Crippen LogP contribution is 2.23. The number of thioether (sulfide) groups is 1. The van der Waals surface area contributed by atoms with Gasteiger partial charge in [0.1, 0.15) is 0 Å². The first-order valence-electron chi connectivity index (χ1n) is 6.34. The topological polar surface area (TPSA) is 15.3 Å². The second-order valence-electron chi connectivity index (χ2n) is 5.07. The number of nitrogens with zero attached hydrogens (tertiary/aromatic N) is 1. The number of nitrogens with one attached hydrogen (secondary N) is 1. The molecule has 2 unspecified atom stereocenters. The molecule has 2 fully saturated rings. The molecule has 2 heterocycles. The molecular formula is C12H24N2S. The van der Waals surface area contributed by atoms with Gasteiger partial charge in [0, 0.05) is 6.04 Å². The summed E-state index contributed by atoms with van der Waals surface area (Å²) in [6.07, 6.45) is 5.53. The first-order valence-corrected chi connectivity index (χ1v) is 7.50. The average molecular weight is 228 g/mol. The van der Waals surface area contributed by atoms with E-state index < -0.39 is 0 Å². The Morgan fingerprint density at radius 3 is 3.00 bits per heavy atom. The lowest BCUT2D eigenvalue weighted by Crippen LogP contribution is -2.34. The predicted molar refractivity (Wildman–Crippen MR) is 68.6 cm³/mol. The van der Waals surface area contributed by atoms with Crippen molar-refractivity contribution in [2.45, 2.75) is 31.7 Å². The van der Waals surface area contributed by atoms with Gasteiger partial charge in [-0.05, 0) is 69.8 Å². The molecular weight excluding hydrogens is 204 g/mol. The molecule has 0 saturated carbocycles. The Kier molecular flexibility index (Phi) is 4.79. The van der Waals surface area contributed by atoms with E-state index >= 15 is 0 Å². The maximum absolute atomic E-state index is 3.78. The van der Waals surface area contributed by atoms with Crippen molar-refractivity contribution in [1.29, 1.82) is 0 Å². The molecule has 0 amide bonds. The van der Waals surface area contributed by atoms with E-state index in [0.717, 1.165) is 12.0 Å². The van der Waals surface area contributed by atoms with Crippen molar-refractivity contribution >= 4 is 11.8 Å². The van der Waals surface area contributed by atoms with Gasteiger partial charge < -0.3 is 10.2 Å². The summed E-state index contributed by atoms with van der Waals surface area (Å²) in [5, 5.41) is 3.78. The van der Waals surface area contributed by atoms with Crippen molar-refractivity contribution in [1.82, 2.24) is 10.2 Å². The van der Waals surface area contributed by atoms with Gasteiger partial charge in [0.05, 0.1) is 0 Å². The highest BCUT2D eigenvalue weighted by Gasteiger charge is 2.18. The summed E-state index contributed by atoms with van der Waals surface area (Å²) in [6.45, 7) is 3.83. The normalized spacial score (nSPS) is 34.2. The quantitative estimate of drug-likeness (QED) is 0.793. The Labute approximate surface area is 98.2 Å². The summed E-state index contributed by atoms with van der Waals surface area (Å²) in [5.74, 6) is 3.73. The van der Waals surface area contributed by atoms with Crippen LogP contribution in [0.4, 0.5) is 0 Å². The Bertz CT molecular complexity index is 180. The molecule has 0 bridgehead atoms. The molecule has 0 aromatic carbocycles. The average Bonchev–Trinajstić information content (AvgIpc) is 2.66. The van der Waals surface area contributed by atoms with E-state index in [4.69, 9.17) is 0 Å². The molecule has 1 N–H and O–H groups in total. The van der Waals surface area contributed by atoms with Crippen LogP contribution in [0.15, 0.2) is 0 Å². The first kappa shape index (κ1) is 11.7. The number of likely N-dealkylation sites (tertiary alicyclic amines) is 1. The Balaban J connectivity index is 1.64. The van der Waals surface area contributed by atoms with Crippen LogP contribution in [0.2, 0.25) is 0 Å². The zero-order valence-corrected chi connectivity index (χ0v) is 10.7. The summed E-state index contributed by atoms with van der Waals surface area (Å²) in [4.78, 5) is 2.47. The summed E-state index contributed by atoms with van der Waals surface area (Å²) in [7, 11) is 2.25. The highest BCUT2D eigenvalue weighted by atomic mass is 32.2. The van der Waals surface area contributed by atoms with E-state index in [2.05, 4.69) is 29.0 Å². The minimum absolute atomic E-state index is 0.792. The van der Waals surface area contributed by atoms with Gasteiger partial charge in [0.2, 0.25) is 0 Å². The molecule has 0 aromatic heterocycles. The van der Waals surface area contributed by atoms with Crippen LogP contribution in [-0.2, 0) is 0 Å². The second-order valence-corrected chi connectivity index (χ2v) is 6.22. The SMILES string of the molecule is CN1CCCC(NCC2CCSC2)CC1. The number of hydrogen-bond acceptors (Lipinski definition) is 3. The van der Waals surface area contributed by atoms with Crippen molar-refractivity contribution < 1.29 is 0 Å². The standard InChI is InChI=1S/C12H24N2S/c1-14-6-2-3-12(4-7-14)13-9-11-5-8-15-10-11/h11-13H,2-10H2,1H3. The maximum atomic E-state index is 3.78. The molecule has 0 aliphatic carbocycles. The van der Waals surface area contributed by atoms with Gasteiger partial charge in [0.15, 0.2) is 0 Å².